The summed E-state index contributed by atoms with van der Waals surface area (Å²) >= 11 is 0. The molecule has 0 aromatic heterocycles. The lowest BCUT2D eigenvalue weighted by atomic mass is 9.95. The van der Waals surface area contributed by atoms with Crippen LogP contribution < -0.4 is 5.73 Å². The minimum Gasteiger partial charge on any atom is -0.342 e. The van der Waals surface area contributed by atoms with Gasteiger partial charge in [-0.3, -0.25) is 4.79 Å². The van der Waals surface area contributed by atoms with Crippen LogP contribution in [0.5, 0.6) is 0 Å². The lowest BCUT2D eigenvalue weighted by molar-refractivity contribution is -0.132. The molecule has 1 amide bonds. The Kier molecular flexibility index (Phi) is 3.09. The zero-order valence-corrected chi connectivity index (χ0v) is 7.92. The zero-order valence-electron chi connectivity index (χ0n) is 7.92. The first-order valence-corrected chi connectivity index (χ1v) is 4.68. The molecule has 0 unspecified atom stereocenters. The molecule has 3 heteroatoms. The summed E-state index contributed by atoms with van der Waals surface area (Å²) in [5, 5.41) is 0. The number of carbonyl (C=O) groups is 1. The molecular formula is C9H18N2O. The first-order valence-electron chi connectivity index (χ1n) is 4.68. The summed E-state index contributed by atoms with van der Waals surface area (Å²) in [6.07, 6.45) is 1.56. The smallest absolute Gasteiger partial charge is 0.222 e. The molecule has 2 N–H and O–H groups in total. The predicted molar refractivity (Wildman–Crippen MR) is 48.6 cm³/mol. The second-order valence-electron chi connectivity index (χ2n) is 3.62. The third-order valence-electron chi connectivity index (χ3n) is 2.63. The van der Waals surface area contributed by atoms with Crippen molar-refractivity contribution in [2.75, 3.05) is 13.1 Å². The van der Waals surface area contributed by atoms with Crippen LogP contribution in [-0.2, 0) is 4.79 Å². The number of piperidine rings is 1. The molecule has 3 nitrogen and oxygen atoms in total. The number of hydrogen-bond donors (Lipinski definition) is 1. The molecule has 0 bridgehead atoms. The maximum absolute atomic E-state index is 11.3. The lowest BCUT2D eigenvalue weighted by Crippen LogP contribution is -2.47. The van der Waals surface area contributed by atoms with Gasteiger partial charge in [0.25, 0.3) is 0 Å². The maximum Gasteiger partial charge on any atom is 0.222 e. The van der Waals surface area contributed by atoms with E-state index in [1.54, 1.807) is 0 Å². The Balaban J connectivity index is 2.45. The molecule has 0 aromatic rings. The number of rotatable bonds is 1. The molecule has 0 saturated carbocycles. The minimum atomic E-state index is 0.258. The standard InChI is InChI=1S/C9H18N2O/c1-3-9(12)11-5-4-8(10)7(2)6-11/h7-8H,3-6,10H2,1-2H3/t7-,8+/m1/s1. The second-order valence-corrected chi connectivity index (χ2v) is 3.62. The summed E-state index contributed by atoms with van der Waals surface area (Å²) < 4.78 is 0. The summed E-state index contributed by atoms with van der Waals surface area (Å²) in [7, 11) is 0. The summed E-state index contributed by atoms with van der Waals surface area (Å²) in [5.41, 5.74) is 5.84. The minimum absolute atomic E-state index is 0.258. The highest BCUT2D eigenvalue weighted by atomic mass is 16.2. The van der Waals surface area contributed by atoms with Crippen molar-refractivity contribution in [2.45, 2.75) is 32.7 Å². The predicted octanol–water partition coefficient (Wildman–Crippen LogP) is 0.592. The van der Waals surface area contributed by atoms with E-state index in [1.807, 2.05) is 11.8 Å². The van der Waals surface area contributed by atoms with Gasteiger partial charge in [0.05, 0.1) is 0 Å². The molecule has 0 radical (unpaired) electrons. The van der Waals surface area contributed by atoms with Crippen LogP contribution in [0.25, 0.3) is 0 Å². The summed E-state index contributed by atoms with van der Waals surface area (Å²) in [6.45, 7) is 5.70. The normalized spacial score (nSPS) is 30.4. The van der Waals surface area contributed by atoms with Gasteiger partial charge in [0.2, 0.25) is 5.91 Å². The van der Waals surface area contributed by atoms with Crippen LogP contribution in [0.2, 0.25) is 0 Å². The Morgan fingerprint density at radius 3 is 2.83 bits per heavy atom. The second kappa shape index (κ2) is 3.90. The average Bonchev–Trinajstić information content (AvgIpc) is 2.08. The van der Waals surface area contributed by atoms with Crippen LogP contribution in [0.3, 0.4) is 0 Å². The first kappa shape index (κ1) is 9.52. The van der Waals surface area contributed by atoms with E-state index in [9.17, 15) is 4.79 Å². The lowest BCUT2D eigenvalue weighted by Gasteiger charge is -2.34. The maximum atomic E-state index is 11.3. The average molecular weight is 170 g/mol. The van der Waals surface area contributed by atoms with Gasteiger partial charge in [-0.1, -0.05) is 13.8 Å². The zero-order chi connectivity index (χ0) is 9.14. The van der Waals surface area contributed by atoms with Crippen molar-refractivity contribution in [3.8, 4) is 0 Å². The third kappa shape index (κ3) is 1.97. The van der Waals surface area contributed by atoms with Crippen molar-refractivity contribution < 1.29 is 4.79 Å². The van der Waals surface area contributed by atoms with E-state index in [4.69, 9.17) is 5.73 Å². The Morgan fingerprint density at radius 2 is 2.33 bits per heavy atom. The molecule has 1 fully saturated rings. The Hall–Kier alpha value is -0.570. The molecule has 0 aliphatic carbocycles. The fourth-order valence-electron chi connectivity index (χ4n) is 1.61. The van der Waals surface area contributed by atoms with Crippen molar-refractivity contribution in [3.63, 3.8) is 0 Å². The number of amides is 1. The molecule has 1 aliphatic rings. The van der Waals surface area contributed by atoms with Crippen LogP contribution in [0, 0.1) is 5.92 Å². The van der Waals surface area contributed by atoms with Gasteiger partial charge in [0.1, 0.15) is 0 Å². The van der Waals surface area contributed by atoms with Crippen molar-refractivity contribution in [1.29, 1.82) is 0 Å². The van der Waals surface area contributed by atoms with Crippen LogP contribution in [0.1, 0.15) is 26.7 Å². The molecule has 1 rings (SSSR count). The van der Waals surface area contributed by atoms with Gasteiger partial charge >= 0.3 is 0 Å². The molecule has 2 atom stereocenters. The summed E-state index contributed by atoms with van der Waals surface area (Å²) in [4.78, 5) is 13.2. The van der Waals surface area contributed by atoms with E-state index in [0.717, 1.165) is 19.5 Å². The fraction of sp³-hybridized carbons (Fsp3) is 0.889. The summed E-state index contributed by atoms with van der Waals surface area (Å²) in [6, 6.07) is 0.283. The highest BCUT2D eigenvalue weighted by Crippen LogP contribution is 2.15. The van der Waals surface area contributed by atoms with Crippen LogP contribution >= 0.6 is 0 Å². The fourth-order valence-corrected chi connectivity index (χ4v) is 1.61. The van der Waals surface area contributed by atoms with Crippen LogP contribution in [-0.4, -0.2) is 29.9 Å². The molecular weight excluding hydrogens is 152 g/mol. The Morgan fingerprint density at radius 1 is 1.67 bits per heavy atom. The van der Waals surface area contributed by atoms with Crippen molar-refractivity contribution in [3.05, 3.63) is 0 Å². The first-order chi connectivity index (χ1) is 5.65. The summed E-state index contributed by atoms with van der Waals surface area (Å²) in [5.74, 6) is 0.711. The highest BCUT2D eigenvalue weighted by molar-refractivity contribution is 5.75. The van der Waals surface area contributed by atoms with Crippen LogP contribution in [0.4, 0.5) is 0 Å². The SMILES string of the molecule is CCC(=O)N1CC[C@H](N)[C@H](C)C1. The van der Waals surface area contributed by atoms with Gasteiger partial charge in [-0.25, -0.2) is 0 Å². The van der Waals surface area contributed by atoms with Crippen LogP contribution in [0.15, 0.2) is 0 Å². The Labute approximate surface area is 73.9 Å². The van der Waals surface area contributed by atoms with E-state index in [0.29, 0.717) is 12.3 Å². The monoisotopic (exact) mass is 170 g/mol. The molecule has 70 valence electrons. The quantitative estimate of drug-likeness (QED) is 0.626. The topological polar surface area (TPSA) is 46.3 Å². The molecule has 0 spiro atoms. The van der Waals surface area contributed by atoms with E-state index < -0.39 is 0 Å². The number of nitrogens with zero attached hydrogens (tertiary/aromatic N) is 1. The molecule has 12 heavy (non-hydrogen) atoms. The van der Waals surface area contributed by atoms with Gasteiger partial charge in [0, 0.05) is 25.6 Å². The van der Waals surface area contributed by atoms with Crippen molar-refractivity contribution in [2.24, 2.45) is 11.7 Å². The molecule has 0 aromatic carbocycles. The highest BCUT2D eigenvalue weighted by Gasteiger charge is 2.24. The van der Waals surface area contributed by atoms with E-state index in [-0.39, 0.29) is 11.9 Å². The van der Waals surface area contributed by atoms with Gasteiger partial charge in [-0.05, 0) is 12.3 Å². The molecule has 1 saturated heterocycles. The Bertz CT molecular complexity index is 170. The largest absolute Gasteiger partial charge is 0.342 e. The third-order valence-corrected chi connectivity index (χ3v) is 2.63. The van der Waals surface area contributed by atoms with E-state index in [1.165, 1.54) is 0 Å². The van der Waals surface area contributed by atoms with Crippen molar-refractivity contribution >= 4 is 5.91 Å². The van der Waals surface area contributed by atoms with E-state index in [2.05, 4.69) is 6.92 Å². The van der Waals surface area contributed by atoms with Gasteiger partial charge in [-0.15, -0.1) is 0 Å². The molecule has 1 heterocycles. The van der Waals surface area contributed by atoms with Gasteiger partial charge in [0.15, 0.2) is 0 Å². The van der Waals surface area contributed by atoms with E-state index >= 15 is 0 Å². The number of nitrogens with two attached hydrogens (primary N) is 1. The number of hydrogen-bond acceptors (Lipinski definition) is 2. The van der Waals surface area contributed by atoms with Gasteiger partial charge < -0.3 is 10.6 Å². The van der Waals surface area contributed by atoms with Gasteiger partial charge in [-0.2, -0.15) is 0 Å². The van der Waals surface area contributed by atoms with Crippen molar-refractivity contribution in [1.82, 2.24) is 4.90 Å². The molecule has 1 aliphatic heterocycles. The number of carbonyl (C=O) groups excluding carboxylic acids is 1. The number of likely N-dealkylation sites (tertiary alicyclic amines) is 1.